The number of halogens is 2. The summed E-state index contributed by atoms with van der Waals surface area (Å²) >= 11 is 17.1. The molecule has 5 nitrogen and oxygen atoms in total. The van der Waals surface area contributed by atoms with Gasteiger partial charge in [0.25, 0.3) is 0 Å². The minimum atomic E-state index is -0.576. The highest BCUT2D eigenvalue weighted by molar-refractivity contribution is 7.80. The first-order valence-electron chi connectivity index (χ1n) is 8.85. The summed E-state index contributed by atoms with van der Waals surface area (Å²) in [6.07, 6.45) is 1.57. The maximum Gasteiger partial charge on any atom is 0.345 e. The second-order valence-corrected chi connectivity index (χ2v) is 7.53. The van der Waals surface area contributed by atoms with Gasteiger partial charge in [0, 0.05) is 10.7 Å². The quantitative estimate of drug-likeness (QED) is 0.165. The number of nitrogens with one attached hydrogen (secondary N) is 2. The summed E-state index contributed by atoms with van der Waals surface area (Å²) in [4.78, 5) is 12.3. The molecule has 0 saturated heterocycles. The van der Waals surface area contributed by atoms with Gasteiger partial charge in [-0.05, 0) is 72.7 Å². The van der Waals surface area contributed by atoms with E-state index in [2.05, 4.69) is 15.8 Å². The van der Waals surface area contributed by atoms with E-state index in [-0.39, 0.29) is 10.6 Å². The fourth-order valence-electron chi connectivity index (χ4n) is 2.52. The van der Waals surface area contributed by atoms with Crippen LogP contribution in [0.25, 0.3) is 0 Å². The Kier molecular flexibility index (Phi) is 7.41. The number of rotatable bonds is 5. The van der Waals surface area contributed by atoms with E-state index in [1.807, 2.05) is 37.3 Å². The third kappa shape index (κ3) is 6.29. The lowest BCUT2D eigenvalue weighted by Gasteiger charge is -2.08. The Morgan fingerprint density at radius 3 is 2.63 bits per heavy atom. The Hall–Kier alpha value is -2.93. The van der Waals surface area contributed by atoms with Gasteiger partial charge in [-0.15, -0.1) is 0 Å². The molecule has 0 spiro atoms. The summed E-state index contributed by atoms with van der Waals surface area (Å²) in [5.74, 6) is -0.220. The molecular formula is C22H17Cl2N3O2S. The Morgan fingerprint density at radius 1 is 1.07 bits per heavy atom. The van der Waals surface area contributed by atoms with Crippen LogP contribution in [0.1, 0.15) is 21.5 Å². The second kappa shape index (κ2) is 10.2. The first-order chi connectivity index (χ1) is 14.4. The van der Waals surface area contributed by atoms with Crippen molar-refractivity contribution in [3.63, 3.8) is 0 Å². The molecule has 0 aliphatic heterocycles. The number of nitrogens with zero attached hydrogens (tertiary/aromatic N) is 1. The zero-order valence-electron chi connectivity index (χ0n) is 15.9. The predicted molar refractivity (Wildman–Crippen MR) is 126 cm³/mol. The number of carbonyl (C=O) groups excluding carboxylic acids is 1. The fourth-order valence-corrected chi connectivity index (χ4v) is 3.18. The van der Waals surface area contributed by atoms with Gasteiger partial charge in [0.2, 0.25) is 0 Å². The number of hydrazone groups is 1. The molecule has 3 rings (SSSR count). The van der Waals surface area contributed by atoms with Gasteiger partial charge in [-0.25, -0.2) is 4.79 Å². The molecule has 0 aliphatic rings. The zero-order chi connectivity index (χ0) is 21.5. The molecule has 0 saturated carbocycles. The molecule has 0 aromatic heterocycles. The number of hydrogen-bond donors (Lipinski definition) is 2. The van der Waals surface area contributed by atoms with E-state index in [4.69, 9.17) is 40.2 Å². The van der Waals surface area contributed by atoms with E-state index in [1.165, 1.54) is 12.1 Å². The van der Waals surface area contributed by atoms with Crippen molar-refractivity contribution in [1.29, 1.82) is 0 Å². The van der Waals surface area contributed by atoms with Gasteiger partial charge >= 0.3 is 5.97 Å². The third-order valence-corrected chi connectivity index (χ3v) is 4.62. The number of carbonyl (C=O) groups is 1. The number of ether oxygens (including phenoxy) is 1. The predicted octanol–water partition coefficient (Wildman–Crippen LogP) is 5.84. The monoisotopic (exact) mass is 457 g/mol. The van der Waals surface area contributed by atoms with Crippen LogP contribution in [-0.4, -0.2) is 17.3 Å². The lowest BCUT2D eigenvalue weighted by Crippen LogP contribution is -2.23. The molecule has 3 aromatic carbocycles. The van der Waals surface area contributed by atoms with E-state index >= 15 is 0 Å². The average molecular weight is 458 g/mol. The molecule has 3 aromatic rings. The van der Waals surface area contributed by atoms with Crippen molar-refractivity contribution in [1.82, 2.24) is 5.43 Å². The van der Waals surface area contributed by atoms with Crippen LogP contribution in [0.15, 0.2) is 71.8 Å². The van der Waals surface area contributed by atoms with Crippen LogP contribution in [0.5, 0.6) is 5.75 Å². The first kappa shape index (κ1) is 21.8. The lowest BCUT2D eigenvalue weighted by atomic mass is 10.2. The zero-order valence-corrected chi connectivity index (χ0v) is 18.2. The summed E-state index contributed by atoms with van der Waals surface area (Å²) in [6, 6.07) is 19.3. The van der Waals surface area contributed by atoms with Crippen molar-refractivity contribution < 1.29 is 9.53 Å². The van der Waals surface area contributed by atoms with Crippen molar-refractivity contribution in [2.24, 2.45) is 5.10 Å². The van der Waals surface area contributed by atoms with Gasteiger partial charge in [-0.3, -0.25) is 5.43 Å². The molecule has 0 amide bonds. The smallest absolute Gasteiger partial charge is 0.345 e. The van der Waals surface area contributed by atoms with Crippen LogP contribution < -0.4 is 15.5 Å². The minimum absolute atomic E-state index is 0.226. The molecule has 0 fully saturated rings. The van der Waals surface area contributed by atoms with Crippen LogP contribution in [0.4, 0.5) is 5.69 Å². The van der Waals surface area contributed by atoms with E-state index in [0.29, 0.717) is 21.4 Å². The SMILES string of the molecule is Cc1cccc(NC(=S)N/N=C/c2cccc(OC(=O)c3ccc(Cl)cc3Cl)c2)c1. The van der Waals surface area contributed by atoms with E-state index in [0.717, 1.165) is 11.3 Å². The van der Waals surface area contributed by atoms with Crippen molar-refractivity contribution in [2.75, 3.05) is 5.32 Å². The van der Waals surface area contributed by atoms with E-state index in [1.54, 1.807) is 30.5 Å². The summed E-state index contributed by atoms with van der Waals surface area (Å²) < 4.78 is 5.39. The molecule has 0 heterocycles. The number of esters is 1. The summed E-state index contributed by atoms with van der Waals surface area (Å²) in [5.41, 5.74) is 5.69. The molecule has 0 bridgehead atoms. The molecule has 0 radical (unpaired) electrons. The van der Waals surface area contributed by atoms with Crippen LogP contribution in [0.2, 0.25) is 10.0 Å². The van der Waals surface area contributed by atoms with Gasteiger partial charge in [-0.1, -0.05) is 47.5 Å². The standard InChI is InChI=1S/C22H17Cl2N3O2S/c1-14-4-2-6-17(10-14)26-22(30)27-25-13-15-5-3-7-18(11-15)29-21(28)19-9-8-16(23)12-20(19)24/h2-13H,1H3,(H2,26,27,30)/b25-13+. The lowest BCUT2D eigenvalue weighted by molar-refractivity contribution is 0.0735. The van der Waals surface area contributed by atoms with Crippen LogP contribution in [0, 0.1) is 6.92 Å². The highest BCUT2D eigenvalue weighted by Gasteiger charge is 2.13. The highest BCUT2D eigenvalue weighted by Crippen LogP contribution is 2.23. The summed E-state index contributed by atoms with van der Waals surface area (Å²) in [6.45, 7) is 2.00. The Bertz CT molecular complexity index is 1120. The molecule has 8 heteroatoms. The Balaban J connectivity index is 1.59. The number of hydrogen-bond acceptors (Lipinski definition) is 4. The normalized spacial score (nSPS) is 10.6. The van der Waals surface area contributed by atoms with Crippen molar-refractivity contribution in [3.05, 3.63) is 93.5 Å². The average Bonchev–Trinajstić information content (AvgIpc) is 2.68. The van der Waals surface area contributed by atoms with Crippen molar-refractivity contribution in [2.45, 2.75) is 6.92 Å². The van der Waals surface area contributed by atoms with E-state index in [9.17, 15) is 4.79 Å². The number of thiocarbonyl (C=S) groups is 1. The molecule has 0 aliphatic carbocycles. The number of aryl methyl sites for hydroxylation is 1. The Labute approximate surface area is 189 Å². The maximum absolute atomic E-state index is 12.3. The molecule has 30 heavy (non-hydrogen) atoms. The van der Waals surface area contributed by atoms with Gasteiger partial charge in [0.05, 0.1) is 16.8 Å². The molecule has 2 N–H and O–H groups in total. The molecule has 152 valence electrons. The molecule has 0 atom stereocenters. The largest absolute Gasteiger partial charge is 0.423 e. The first-order valence-corrected chi connectivity index (χ1v) is 10.0. The van der Waals surface area contributed by atoms with Crippen LogP contribution in [-0.2, 0) is 0 Å². The minimum Gasteiger partial charge on any atom is -0.423 e. The highest BCUT2D eigenvalue weighted by atomic mass is 35.5. The van der Waals surface area contributed by atoms with E-state index < -0.39 is 5.97 Å². The van der Waals surface area contributed by atoms with Crippen LogP contribution in [0.3, 0.4) is 0 Å². The van der Waals surface area contributed by atoms with Crippen molar-refractivity contribution in [3.8, 4) is 5.75 Å². The van der Waals surface area contributed by atoms with Gasteiger partial charge in [-0.2, -0.15) is 5.10 Å². The Morgan fingerprint density at radius 2 is 1.87 bits per heavy atom. The number of benzene rings is 3. The topological polar surface area (TPSA) is 62.7 Å². The third-order valence-electron chi connectivity index (χ3n) is 3.88. The number of anilines is 1. The molecule has 0 unspecified atom stereocenters. The summed E-state index contributed by atoms with van der Waals surface area (Å²) in [7, 11) is 0. The summed E-state index contributed by atoms with van der Waals surface area (Å²) in [5, 5.41) is 8.18. The van der Waals surface area contributed by atoms with Gasteiger partial charge < -0.3 is 10.1 Å². The van der Waals surface area contributed by atoms with Crippen LogP contribution >= 0.6 is 35.4 Å². The fraction of sp³-hybridized carbons (Fsp3) is 0.0455. The molecular weight excluding hydrogens is 441 g/mol. The van der Waals surface area contributed by atoms with Crippen molar-refractivity contribution >= 4 is 58.4 Å². The van der Waals surface area contributed by atoms with Gasteiger partial charge in [0.1, 0.15) is 5.75 Å². The second-order valence-electron chi connectivity index (χ2n) is 6.28. The maximum atomic E-state index is 12.3. The van der Waals surface area contributed by atoms with Gasteiger partial charge in [0.15, 0.2) is 5.11 Å².